The number of hydrogen-bond donors (Lipinski definition) is 3. The summed E-state index contributed by atoms with van der Waals surface area (Å²) in [7, 11) is 2.17. The standard InChI is InChI=1S/C13H24N6/c1-9(2)13-16-11(7-12(17-13)18-14)15-8-10-5-4-6-19(10)3/h7,9-10H,4-6,8,14H2,1-3H3,(H2,15,16,17,18). The first kappa shape index (κ1) is 14.0. The van der Waals surface area contributed by atoms with E-state index in [1.54, 1.807) is 0 Å². The number of rotatable bonds is 5. The summed E-state index contributed by atoms with van der Waals surface area (Å²) in [6.07, 6.45) is 2.52. The van der Waals surface area contributed by atoms with Crippen molar-refractivity contribution in [3.8, 4) is 0 Å². The number of likely N-dealkylation sites (tertiary alicyclic amines) is 1. The molecule has 1 aliphatic rings. The van der Waals surface area contributed by atoms with Gasteiger partial charge in [-0.3, -0.25) is 0 Å². The molecular formula is C13H24N6. The first-order valence-corrected chi connectivity index (χ1v) is 6.90. The molecule has 1 aromatic rings. The summed E-state index contributed by atoms with van der Waals surface area (Å²) in [6.45, 7) is 6.24. The van der Waals surface area contributed by atoms with E-state index >= 15 is 0 Å². The molecule has 0 radical (unpaired) electrons. The molecule has 1 atom stereocenters. The van der Waals surface area contributed by atoms with Crippen molar-refractivity contribution in [1.82, 2.24) is 14.9 Å². The second-order valence-corrected chi connectivity index (χ2v) is 5.45. The largest absolute Gasteiger partial charge is 0.368 e. The van der Waals surface area contributed by atoms with E-state index in [1.165, 1.54) is 19.4 Å². The summed E-state index contributed by atoms with van der Waals surface area (Å²) in [4.78, 5) is 11.3. The van der Waals surface area contributed by atoms with Crippen molar-refractivity contribution in [1.29, 1.82) is 0 Å². The van der Waals surface area contributed by atoms with Crippen LogP contribution in [0.15, 0.2) is 6.07 Å². The zero-order valence-corrected chi connectivity index (χ0v) is 12.0. The van der Waals surface area contributed by atoms with Gasteiger partial charge in [0.1, 0.15) is 17.5 Å². The molecule has 106 valence electrons. The SMILES string of the molecule is CC(C)c1nc(NN)cc(NCC2CCCN2C)n1. The van der Waals surface area contributed by atoms with Crippen LogP contribution < -0.4 is 16.6 Å². The van der Waals surface area contributed by atoms with Crippen LogP contribution in [0.3, 0.4) is 0 Å². The minimum Gasteiger partial charge on any atom is -0.368 e. The molecular weight excluding hydrogens is 240 g/mol. The summed E-state index contributed by atoms with van der Waals surface area (Å²) in [5.41, 5.74) is 2.60. The Labute approximate surface area is 114 Å². The maximum Gasteiger partial charge on any atom is 0.145 e. The smallest absolute Gasteiger partial charge is 0.145 e. The van der Waals surface area contributed by atoms with Crippen molar-refractivity contribution in [2.45, 2.75) is 38.6 Å². The van der Waals surface area contributed by atoms with Crippen molar-refractivity contribution in [2.24, 2.45) is 5.84 Å². The van der Waals surface area contributed by atoms with Crippen LogP contribution in [0.2, 0.25) is 0 Å². The van der Waals surface area contributed by atoms with Crippen molar-refractivity contribution in [3.63, 3.8) is 0 Å². The van der Waals surface area contributed by atoms with Gasteiger partial charge in [0.25, 0.3) is 0 Å². The molecule has 0 aliphatic carbocycles. The molecule has 1 aliphatic heterocycles. The Kier molecular flexibility index (Phi) is 4.55. The molecule has 2 heterocycles. The van der Waals surface area contributed by atoms with E-state index in [4.69, 9.17) is 5.84 Å². The highest BCUT2D eigenvalue weighted by Crippen LogP contribution is 2.18. The maximum atomic E-state index is 5.45. The summed E-state index contributed by atoms with van der Waals surface area (Å²) in [5.74, 6) is 8.03. The van der Waals surface area contributed by atoms with E-state index in [9.17, 15) is 0 Å². The Hall–Kier alpha value is -1.40. The Balaban J connectivity index is 2.04. The predicted molar refractivity (Wildman–Crippen MR) is 78.1 cm³/mol. The van der Waals surface area contributed by atoms with Crippen LogP contribution in [-0.2, 0) is 0 Å². The lowest BCUT2D eigenvalue weighted by molar-refractivity contribution is 0.322. The molecule has 6 heteroatoms. The van der Waals surface area contributed by atoms with Crippen LogP contribution in [0, 0.1) is 0 Å². The summed E-state index contributed by atoms with van der Waals surface area (Å²) >= 11 is 0. The van der Waals surface area contributed by atoms with Gasteiger partial charge in [0, 0.05) is 24.6 Å². The van der Waals surface area contributed by atoms with Gasteiger partial charge in [-0.05, 0) is 26.4 Å². The van der Waals surface area contributed by atoms with Crippen LogP contribution in [0.5, 0.6) is 0 Å². The molecule has 0 aromatic carbocycles. The molecule has 0 saturated carbocycles. The molecule has 19 heavy (non-hydrogen) atoms. The molecule has 0 bridgehead atoms. The van der Waals surface area contributed by atoms with Crippen molar-refractivity contribution in [3.05, 3.63) is 11.9 Å². The number of aromatic nitrogens is 2. The second-order valence-electron chi connectivity index (χ2n) is 5.45. The fourth-order valence-corrected chi connectivity index (χ4v) is 2.35. The molecule has 1 fully saturated rings. The monoisotopic (exact) mass is 264 g/mol. The van der Waals surface area contributed by atoms with Gasteiger partial charge in [-0.15, -0.1) is 0 Å². The van der Waals surface area contributed by atoms with Crippen molar-refractivity contribution >= 4 is 11.6 Å². The number of nitrogens with one attached hydrogen (secondary N) is 2. The number of nitrogen functional groups attached to an aromatic ring is 1. The molecule has 6 nitrogen and oxygen atoms in total. The third-order valence-electron chi connectivity index (χ3n) is 3.60. The number of nitrogens with zero attached hydrogens (tertiary/aromatic N) is 3. The van der Waals surface area contributed by atoms with Gasteiger partial charge in [-0.25, -0.2) is 15.8 Å². The van der Waals surface area contributed by atoms with Gasteiger partial charge >= 0.3 is 0 Å². The van der Waals surface area contributed by atoms with Crippen LogP contribution >= 0.6 is 0 Å². The molecule has 1 saturated heterocycles. The lowest BCUT2D eigenvalue weighted by Crippen LogP contribution is -2.31. The van der Waals surface area contributed by atoms with Crippen LogP contribution in [0.25, 0.3) is 0 Å². The molecule has 1 aromatic heterocycles. The van der Waals surface area contributed by atoms with Crippen molar-refractivity contribution in [2.75, 3.05) is 30.9 Å². The minimum absolute atomic E-state index is 0.281. The highest BCUT2D eigenvalue weighted by Gasteiger charge is 2.20. The normalized spacial score (nSPS) is 19.9. The van der Waals surface area contributed by atoms with Gasteiger partial charge in [0.15, 0.2) is 0 Å². The minimum atomic E-state index is 0.281. The van der Waals surface area contributed by atoms with Gasteiger partial charge in [-0.2, -0.15) is 0 Å². The van der Waals surface area contributed by atoms with Crippen LogP contribution in [0.1, 0.15) is 38.4 Å². The van der Waals surface area contributed by atoms with E-state index in [0.717, 1.165) is 18.2 Å². The maximum absolute atomic E-state index is 5.45. The number of nitrogens with two attached hydrogens (primary N) is 1. The van der Waals surface area contributed by atoms with Gasteiger partial charge in [0.05, 0.1) is 0 Å². The average Bonchev–Trinajstić information content (AvgIpc) is 2.81. The zero-order valence-electron chi connectivity index (χ0n) is 12.0. The van der Waals surface area contributed by atoms with Gasteiger partial charge in [0.2, 0.25) is 0 Å². The van der Waals surface area contributed by atoms with E-state index in [0.29, 0.717) is 11.9 Å². The summed E-state index contributed by atoms with van der Waals surface area (Å²) < 4.78 is 0. The first-order valence-electron chi connectivity index (χ1n) is 6.90. The van der Waals surface area contributed by atoms with E-state index < -0.39 is 0 Å². The molecule has 1 unspecified atom stereocenters. The topological polar surface area (TPSA) is 79.1 Å². The molecule has 2 rings (SSSR count). The molecule has 0 spiro atoms. The number of hydrogen-bond acceptors (Lipinski definition) is 6. The Morgan fingerprint density at radius 3 is 2.74 bits per heavy atom. The molecule has 0 amide bonds. The third kappa shape index (κ3) is 3.54. The van der Waals surface area contributed by atoms with Gasteiger partial charge in [-0.1, -0.05) is 13.8 Å². The van der Waals surface area contributed by atoms with E-state index in [-0.39, 0.29) is 5.92 Å². The fraction of sp³-hybridized carbons (Fsp3) is 0.692. The number of hydrazine groups is 1. The third-order valence-corrected chi connectivity index (χ3v) is 3.60. The fourth-order valence-electron chi connectivity index (χ4n) is 2.35. The lowest BCUT2D eigenvalue weighted by atomic mass is 10.2. The highest BCUT2D eigenvalue weighted by atomic mass is 15.3. The van der Waals surface area contributed by atoms with E-state index in [2.05, 4.69) is 46.5 Å². The molecule has 4 N–H and O–H groups in total. The lowest BCUT2D eigenvalue weighted by Gasteiger charge is -2.20. The van der Waals surface area contributed by atoms with E-state index in [1.807, 2.05) is 6.07 Å². The number of likely N-dealkylation sites (N-methyl/N-ethyl adjacent to an activating group) is 1. The Bertz CT molecular complexity index is 420. The average molecular weight is 264 g/mol. The Morgan fingerprint density at radius 2 is 2.16 bits per heavy atom. The Morgan fingerprint density at radius 1 is 1.42 bits per heavy atom. The van der Waals surface area contributed by atoms with Gasteiger partial charge < -0.3 is 15.6 Å². The van der Waals surface area contributed by atoms with Crippen molar-refractivity contribution < 1.29 is 0 Å². The summed E-state index contributed by atoms with van der Waals surface area (Å²) in [6, 6.07) is 2.44. The second kappa shape index (κ2) is 6.16. The predicted octanol–water partition coefficient (Wildman–Crippen LogP) is 1.39. The van der Waals surface area contributed by atoms with Crippen LogP contribution in [0.4, 0.5) is 11.6 Å². The van der Waals surface area contributed by atoms with Crippen LogP contribution in [-0.4, -0.2) is 41.0 Å². The summed E-state index contributed by atoms with van der Waals surface area (Å²) in [5, 5.41) is 3.40. The highest BCUT2D eigenvalue weighted by molar-refractivity contribution is 5.47. The zero-order chi connectivity index (χ0) is 13.8. The quantitative estimate of drug-likeness (QED) is 0.551. The first-order chi connectivity index (χ1) is 9.10. The number of anilines is 2.